The SMILES string of the molecule is CCC(=O)C1(C)C=C([C@@H](N)Cc2cnc[nH]2)N1. The first-order valence-corrected chi connectivity index (χ1v) is 5.82. The van der Waals surface area contributed by atoms with Gasteiger partial charge in [-0.05, 0) is 13.0 Å². The number of nitrogens with zero attached hydrogens (tertiary/aromatic N) is 1. The molecule has 0 saturated carbocycles. The molecule has 0 saturated heterocycles. The van der Waals surface area contributed by atoms with Gasteiger partial charge in [0.2, 0.25) is 0 Å². The van der Waals surface area contributed by atoms with E-state index in [4.69, 9.17) is 5.73 Å². The zero-order valence-electron chi connectivity index (χ0n) is 10.2. The zero-order valence-corrected chi connectivity index (χ0v) is 10.2. The van der Waals surface area contributed by atoms with E-state index in [0.717, 1.165) is 11.4 Å². The lowest BCUT2D eigenvalue weighted by atomic mass is 9.84. The molecule has 4 N–H and O–H groups in total. The predicted molar refractivity (Wildman–Crippen MR) is 65.2 cm³/mol. The van der Waals surface area contributed by atoms with Crippen molar-refractivity contribution in [3.05, 3.63) is 30.0 Å². The van der Waals surface area contributed by atoms with Gasteiger partial charge in [-0.1, -0.05) is 6.92 Å². The molecule has 0 amide bonds. The largest absolute Gasteiger partial charge is 0.372 e. The molecule has 0 aliphatic carbocycles. The third-order valence-electron chi connectivity index (χ3n) is 3.14. The molecule has 1 unspecified atom stereocenters. The summed E-state index contributed by atoms with van der Waals surface area (Å²) in [4.78, 5) is 18.6. The average Bonchev–Trinajstić information content (AvgIpc) is 2.76. The average molecular weight is 234 g/mol. The van der Waals surface area contributed by atoms with Crippen LogP contribution in [0.4, 0.5) is 0 Å². The molecule has 1 aromatic rings. The Hall–Kier alpha value is -1.62. The number of aromatic nitrogens is 2. The fourth-order valence-electron chi connectivity index (χ4n) is 2.07. The minimum atomic E-state index is -0.518. The molecule has 0 fully saturated rings. The molecule has 2 heterocycles. The van der Waals surface area contributed by atoms with E-state index in [1.165, 1.54) is 0 Å². The highest BCUT2D eigenvalue weighted by atomic mass is 16.1. The number of nitrogens with two attached hydrogens (primary N) is 1. The first kappa shape index (κ1) is 11.9. The number of hydrogen-bond donors (Lipinski definition) is 3. The van der Waals surface area contributed by atoms with E-state index in [1.54, 1.807) is 12.5 Å². The number of carbonyl (C=O) groups excluding carboxylic acids is 1. The Morgan fingerprint density at radius 2 is 2.35 bits per heavy atom. The second kappa shape index (κ2) is 4.33. The van der Waals surface area contributed by atoms with Crippen LogP contribution >= 0.6 is 0 Å². The molecule has 92 valence electrons. The van der Waals surface area contributed by atoms with Gasteiger partial charge in [0.25, 0.3) is 0 Å². The summed E-state index contributed by atoms with van der Waals surface area (Å²) < 4.78 is 0. The van der Waals surface area contributed by atoms with Crippen molar-refractivity contribution >= 4 is 5.78 Å². The van der Waals surface area contributed by atoms with Crippen LogP contribution in [0.2, 0.25) is 0 Å². The van der Waals surface area contributed by atoms with E-state index >= 15 is 0 Å². The van der Waals surface area contributed by atoms with Crippen LogP contribution < -0.4 is 11.1 Å². The van der Waals surface area contributed by atoms with E-state index in [0.29, 0.717) is 12.8 Å². The van der Waals surface area contributed by atoms with Gasteiger partial charge in [-0.3, -0.25) is 4.79 Å². The second-order valence-electron chi connectivity index (χ2n) is 4.59. The predicted octanol–water partition coefficient (Wildman–Crippen LogP) is 0.504. The molecule has 2 atom stereocenters. The van der Waals surface area contributed by atoms with Gasteiger partial charge in [0.15, 0.2) is 5.78 Å². The smallest absolute Gasteiger partial charge is 0.161 e. The summed E-state index contributed by atoms with van der Waals surface area (Å²) >= 11 is 0. The number of rotatable bonds is 5. The molecule has 5 heteroatoms. The molecule has 0 spiro atoms. The van der Waals surface area contributed by atoms with Crippen LogP contribution in [0.1, 0.15) is 26.0 Å². The Balaban J connectivity index is 1.98. The topological polar surface area (TPSA) is 83.8 Å². The molecule has 5 nitrogen and oxygen atoms in total. The third kappa shape index (κ3) is 2.24. The Labute approximate surface area is 101 Å². The molecule has 17 heavy (non-hydrogen) atoms. The molecule has 1 aliphatic heterocycles. The normalized spacial score (nSPS) is 24.5. The molecule has 1 aliphatic rings. The molecule has 0 aromatic carbocycles. The minimum absolute atomic E-state index is 0.117. The van der Waals surface area contributed by atoms with Crippen molar-refractivity contribution in [3.63, 3.8) is 0 Å². The number of H-pyrrole nitrogens is 1. The van der Waals surface area contributed by atoms with Crippen molar-refractivity contribution < 1.29 is 4.79 Å². The summed E-state index contributed by atoms with van der Waals surface area (Å²) in [6.07, 6.45) is 6.54. The maximum atomic E-state index is 11.6. The number of carbonyl (C=O) groups is 1. The first-order valence-electron chi connectivity index (χ1n) is 5.82. The fraction of sp³-hybridized carbons (Fsp3) is 0.500. The Morgan fingerprint density at radius 1 is 1.65 bits per heavy atom. The maximum absolute atomic E-state index is 11.6. The number of ketones is 1. The summed E-state index contributed by atoms with van der Waals surface area (Å²) in [7, 11) is 0. The standard InChI is InChI=1S/C12H18N4O/c1-3-11(17)12(2)5-10(16-12)9(13)4-8-6-14-7-15-8/h5-7,9,16H,3-4,13H2,1-2H3,(H,14,15)/t9-,12?/m0/s1. The lowest BCUT2D eigenvalue weighted by Crippen LogP contribution is -2.58. The van der Waals surface area contributed by atoms with Gasteiger partial charge in [0, 0.05) is 36.5 Å². The lowest BCUT2D eigenvalue weighted by molar-refractivity contribution is -0.123. The zero-order chi connectivity index (χ0) is 12.5. The molecular weight excluding hydrogens is 216 g/mol. The maximum Gasteiger partial charge on any atom is 0.161 e. The van der Waals surface area contributed by atoms with Crippen LogP contribution in [0.3, 0.4) is 0 Å². The van der Waals surface area contributed by atoms with Crippen LogP contribution in [0.5, 0.6) is 0 Å². The van der Waals surface area contributed by atoms with Gasteiger partial charge in [-0.2, -0.15) is 0 Å². The fourth-order valence-corrected chi connectivity index (χ4v) is 2.07. The Bertz CT molecular complexity index is 437. The van der Waals surface area contributed by atoms with Crippen molar-refractivity contribution in [1.29, 1.82) is 0 Å². The van der Waals surface area contributed by atoms with Crippen molar-refractivity contribution in [2.75, 3.05) is 0 Å². The van der Waals surface area contributed by atoms with Crippen molar-refractivity contribution in [2.24, 2.45) is 5.73 Å². The lowest BCUT2D eigenvalue weighted by Gasteiger charge is -2.40. The van der Waals surface area contributed by atoms with Gasteiger partial charge in [0.1, 0.15) is 5.54 Å². The third-order valence-corrected chi connectivity index (χ3v) is 3.14. The summed E-state index contributed by atoms with van der Waals surface area (Å²) in [5, 5.41) is 3.17. The number of nitrogens with one attached hydrogen (secondary N) is 2. The van der Waals surface area contributed by atoms with Gasteiger partial charge < -0.3 is 16.0 Å². The summed E-state index contributed by atoms with van der Waals surface area (Å²) in [6.45, 7) is 3.75. The van der Waals surface area contributed by atoms with E-state index in [-0.39, 0.29) is 11.8 Å². The van der Waals surface area contributed by atoms with E-state index in [2.05, 4.69) is 15.3 Å². The van der Waals surface area contributed by atoms with E-state index < -0.39 is 5.54 Å². The Morgan fingerprint density at radius 3 is 2.88 bits per heavy atom. The summed E-state index contributed by atoms with van der Waals surface area (Å²) in [5.41, 5.74) is 7.45. The summed E-state index contributed by atoms with van der Waals surface area (Å²) in [5.74, 6) is 0.190. The van der Waals surface area contributed by atoms with Crippen LogP contribution in [0, 0.1) is 0 Å². The number of hydrogen-bond acceptors (Lipinski definition) is 4. The number of imidazole rings is 1. The highest BCUT2D eigenvalue weighted by Gasteiger charge is 2.38. The van der Waals surface area contributed by atoms with Gasteiger partial charge >= 0.3 is 0 Å². The highest BCUT2D eigenvalue weighted by molar-refractivity contribution is 5.92. The van der Waals surface area contributed by atoms with Crippen LogP contribution in [-0.2, 0) is 11.2 Å². The van der Waals surface area contributed by atoms with Crippen LogP contribution in [0.25, 0.3) is 0 Å². The monoisotopic (exact) mass is 234 g/mol. The van der Waals surface area contributed by atoms with E-state index in [1.807, 2.05) is 19.9 Å². The Kier molecular flexibility index (Phi) is 3.02. The molecule has 0 radical (unpaired) electrons. The molecule has 0 bridgehead atoms. The number of aromatic amines is 1. The molecular formula is C12H18N4O. The quantitative estimate of drug-likeness (QED) is 0.693. The minimum Gasteiger partial charge on any atom is -0.372 e. The number of Topliss-reactive ketones (excluding diaryl/α,β-unsaturated/α-hetero) is 1. The van der Waals surface area contributed by atoms with Crippen LogP contribution in [-0.4, -0.2) is 27.3 Å². The summed E-state index contributed by atoms with van der Waals surface area (Å²) in [6, 6.07) is -0.117. The van der Waals surface area contributed by atoms with Crippen molar-refractivity contribution in [2.45, 2.75) is 38.3 Å². The van der Waals surface area contributed by atoms with Gasteiger partial charge in [-0.25, -0.2) is 4.98 Å². The second-order valence-corrected chi connectivity index (χ2v) is 4.59. The molecule has 1 aromatic heterocycles. The van der Waals surface area contributed by atoms with Crippen molar-refractivity contribution in [1.82, 2.24) is 15.3 Å². The van der Waals surface area contributed by atoms with Crippen molar-refractivity contribution in [3.8, 4) is 0 Å². The molecule has 2 rings (SSSR count). The highest BCUT2D eigenvalue weighted by Crippen LogP contribution is 2.25. The van der Waals surface area contributed by atoms with E-state index in [9.17, 15) is 4.79 Å². The van der Waals surface area contributed by atoms with Crippen LogP contribution in [0.15, 0.2) is 24.3 Å². The van der Waals surface area contributed by atoms with Gasteiger partial charge in [0.05, 0.1) is 6.33 Å². The van der Waals surface area contributed by atoms with Gasteiger partial charge in [-0.15, -0.1) is 0 Å². The first-order chi connectivity index (χ1) is 8.05.